The maximum absolute atomic E-state index is 12.0. The van der Waals surface area contributed by atoms with Crippen LogP contribution in [0.3, 0.4) is 0 Å². The molecule has 1 aromatic heterocycles. The number of hydrogen-bond donors (Lipinski definition) is 2. The van der Waals surface area contributed by atoms with Crippen molar-refractivity contribution < 1.29 is 19.1 Å². The number of amides is 1. The largest absolute Gasteiger partial charge is 0.481 e. The standard InChI is InChI=1S/C12H16N2O4/c1-6-10(18-7(2)13-6)11(15)14-9-5-3-4-8(9)12(16)17/h8-9H,3-5H2,1-2H3,(H,14,15)(H,16,17). The van der Waals surface area contributed by atoms with Gasteiger partial charge in [0.15, 0.2) is 5.89 Å². The van der Waals surface area contributed by atoms with Crippen molar-refractivity contribution in [2.45, 2.75) is 39.2 Å². The van der Waals surface area contributed by atoms with Crippen molar-refractivity contribution in [3.05, 3.63) is 17.3 Å². The molecule has 1 heterocycles. The quantitative estimate of drug-likeness (QED) is 0.845. The first-order chi connectivity index (χ1) is 8.49. The minimum absolute atomic E-state index is 0.170. The van der Waals surface area contributed by atoms with Crippen molar-refractivity contribution in [2.75, 3.05) is 0 Å². The Labute approximate surface area is 104 Å². The first-order valence-electron chi connectivity index (χ1n) is 5.96. The van der Waals surface area contributed by atoms with Gasteiger partial charge in [0.05, 0.1) is 11.6 Å². The molecule has 1 saturated carbocycles. The molecule has 0 radical (unpaired) electrons. The van der Waals surface area contributed by atoms with Crippen molar-refractivity contribution in [1.29, 1.82) is 0 Å². The summed E-state index contributed by atoms with van der Waals surface area (Å²) in [4.78, 5) is 27.0. The minimum Gasteiger partial charge on any atom is -0.481 e. The third-order valence-electron chi connectivity index (χ3n) is 3.26. The van der Waals surface area contributed by atoms with Crippen molar-refractivity contribution in [2.24, 2.45) is 5.92 Å². The van der Waals surface area contributed by atoms with E-state index in [0.717, 1.165) is 6.42 Å². The number of aryl methyl sites for hydroxylation is 2. The summed E-state index contributed by atoms with van der Waals surface area (Å²) in [6.45, 7) is 3.36. The zero-order chi connectivity index (χ0) is 13.3. The van der Waals surface area contributed by atoms with Gasteiger partial charge in [0.1, 0.15) is 0 Å². The Morgan fingerprint density at radius 3 is 2.67 bits per heavy atom. The van der Waals surface area contributed by atoms with Crippen molar-refractivity contribution in [3.63, 3.8) is 0 Å². The van der Waals surface area contributed by atoms with E-state index >= 15 is 0 Å². The van der Waals surface area contributed by atoms with Gasteiger partial charge >= 0.3 is 5.97 Å². The molecule has 6 heteroatoms. The Morgan fingerprint density at radius 2 is 2.11 bits per heavy atom. The molecule has 2 N–H and O–H groups in total. The molecule has 0 spiro atoms. The van der Waals surface area contributed by atoms with Gasteiger partial charge in [0.2, 0.25) is 5.76 Å². The van der Waals surface area contributed by atoms with Gasteiger partial charge in [-0.25, -0.2) is 4.98 Å². The Bertz CT molecular complexity index is 480. The summed E-state index contributed by atoms with van der Waals surface area (Å²) in [5.41, 5.74) is 0.523. The molecular weight excluding hydrogens is 236 g/mol. The fourth-order valence-electron chi connectivity index (χ4n) is 2.40. The molecule has 0 saturated heterocycles. The van der Waals surface area contributed by atoms with Crippen LogP contribution in [0.5, 0.6) is 0 Å². The molecule has 1 amide bonds. The first-order valence-corrected chi connectivity index (χ1v) is 5.96. The van der Waals surface area contributed by atoms with Gasteiger partial charge in [0.25, 0.3) is 5.91 Å². The molecule has 0 bridgehead atoms. The van der Waals surface area contributed by atoms with Crippen molar-refractivity contribution in [1.82, 2.24) is 10.3 Å². The number of carboxylic acids is 1. The first kappa shape index (κ1) is 12.6. The van der Waals surface area contributed by atoms with E-state index in [1.165, 1.54) is 0 Å². The number of carbonyl (C=O) groups is 2. The SMILES string of the molecule is Cc1nc(C)c(C(=O)NC2CCCC2C(=O)O)o1. The summed E-state index contributed by atoms with van der Waals surface area (Å²) in [7, 11) is 0. The van der Waals surface area contributed by atoms with Gasteiger partial charge in [-0.1, -0.05) is 6.42 Å². The predicted molar refractivity (Wildman–Crippen MR) is 62.2 cm³/mol. The lowest BCUT2D eigenvalue weighted by molar-refractivity contribution is -0.142. The zero-order valence-electron chi connectivity index (χ0n) is 10.4. The highest BCUT2D eigenvalue weighted by Gasteiger charge is 2.34. The number of nitrogens with zero attached hydrogens (tertiary/aromatic N) is 1. The normalized spacial score (nSPS) is 23.0. The van der Waals surface area contributed by atoms with Gasteiger partial charge in [0, 0.05) is 13.0 Å². The number of nitrogens with one attached hydrogen (secondary N) is 1. The van der Waals surface area contributed by atoms with Crippen LogP contribution in [0.4, 0.5) is 0 Å². The molecule has 1 fully saturated rings. The number of carbonyl (C=O) groups excluding carboxylic acids is 1. The molecule has 2 unspecified atom stereocenters. The lowest BCUT2D eigenvalue weighted by Gasteiger charge is -2.16. The highest BCUT2D eigenvalue weighted by atomic mass is 16.4. The summed E-state index contributed by atoms with van der Waals surface area (Å²) in [5, 5.41) is 11.8. The third kappa shape index (κ3) is 2.37. The van der Waals surface area contributed by atoms with Crippen molar-refractivity contribution in [3.8, 4) is 0 Å². The maximum atomic E-state index is 12.0. The summed E-state index contributed by atoms with van der Waals surface area (Å²) >= 11 is 0. The van der Waals surface area contributed by atoms with E-state index in [1.807, 2.05) is 0 Å². The molecule has 2 rings (SSSR count). The highest BCUT2D eigenvalue weighted by molar-refractivity contribution is 5.93. The van der Waals surface area contributed by atoms with E-state index in [4.69, 9.17) is 9.52 Å². The van der Waals surface area contributed by atoms with Gasteiger partial charge < -0.3 is 14.8 Å². The van der Waals surface area contributed by atoms with Crippen molar-refractivity contribution >= 4 is 11.9 Å². The molecule has 6 nitrogen and oxygen atoms in total. The van der Waals surface area contributed by atoms with E-state index in [1.54, 1.807) is 13.8 Å². The molecule has 0 aliphatic heterocycles. The average Bonchev–Trinajstić information content (AvgIpc) is 2.85. The van der Waals surface area contributed by atoms with E-state index in [2.05, 4.69) is 10.3 Å². The third-order valence-corrected chi connectivity index (χ3v) is 3.26. The van der Waals surface area contributed by atoms with E-state index in [0.29, 0.717) is 24.4 Å². The van der Waals surface area contributed by atoms with E-state index in [-0.39, 0.29) is 17.7 Å². The van der Waals surface area contributed by atoms with Crippen LogP contribution < -0.4 is 5.32 Å². The summed E-state index contributed by atoms with van der Waals surface area (Å²) in [5.74, 6) is -1.14. The molecule has 98 valence electrons. The molecule has 1 aromatic rings. The Balaban J connectivity index is 2.07. The second-order valence-electron chi connectivity index (χ2n) is 4.60. The van der Waals surface area contributed by atoms with Gasteiger partial charge in [-0.15, -0.1) is 0 Å². The number of aromatic nitrogens is 1. The number of carboxylic acid groups (broad SMARTS) is 1. The second-order valence-corrected chi connectivity index (χ2v) is 4.60. The number of aliphatic carboxylic acids is 1. The van der Waals surface area contributed by atoms with Crippen LogP contribution in [0, 0.1) is 19.8 Å². The second kappa shape index (κ2) is 4.80. The Kier molecular flexibility index (Phi) is 3.36. The number of hydrogen-bond acceptors (Lipinski definition) is 4. The lowest BCUT2D eigenvalue weighted by Crippen LogP contribution is -2.40. The Hall–Kier alpha value is -1.85. The van der Waals surface area contributed by atoms with Crippen LogP contribution in [0.25, 0.3) is 0 Å². The number of rotatable bonds is 3. The summed E-state index contributed by atoms with van der Waals surface area (Å²) < 4.78 is 5.21. The van der Waals surface area contributed by atoms with Crippen LogP contribution in [-0.2, 0) is 4.79 Å². The topological polar surface area (TPSA) is 92.4 Å². The van der Waals surface area contributed by atoms with E-state index < -0.39 is 11.9 Å². The van der Waals surface area contributed by atoms with Gasteiger partial charge in [-0.05, 0) is 19.8 Å². The molecule has 1 aliphatic carbocycles. The Morgan fingerprint density at radius 1 is 1.39 bits per heavy atom. The number of oxazole rings is 1. The molecule has 2 atom stereocenters. The lowest BCUT2D eigenvalue weighted by atomic mass is 10.0. The van der Waals surface area contributed by atoms with E-state index in [9.17, 15) is 9.59 Å². The van der Waals surface area contributed by atoms with Crippen LogP contribution in [0.15, 0.2) is 4.42 Å². The highest BCUT2D eigenvalue weighted by Crippen LogP contribution is 2.26. The van der Waals surface area contributed by atoms with Gasteiger partial charge in [-0.2, -0.15) is 0 Å². The minimum atomic E-state index is -0.858. The molecule has 0 aromatic carbocycles. The molecule has 18 heavy (non-hydrogen) atoms. The van der Waals surface area contributed by atoms with Crippen LogP contribution in [0.2, 0.25) is 0 Å². The average molecular weight is 252 g/mol. The summed E-state index contributed by atoms with van der Waals surface area (Å²) in [6.07, 6.45) is 2.11. The van der Waals surface area contributed by atoms with Crippen LogP contribution in [-0.4, -0.2) is 28.0 Å². The van der Waals surface area contributed by atoms with Crippen LogP contribution in [0.1, 0.15) is 41.4 Å². The summed E-state index contributed by atoms with van der Waals surface area (Å²) in [6, 6.07) is -0.320. The molecule has 1 aliphatic rings. The fraction of sp³-hybridized carbons (Fsp3) is 0.583. The fourth-order valence-corrected chi connectivity index (χ4v) is 2.40. The van der Waals surface area contributed by atoms with Gasteiger partial charge in [-0.3, -0.25) is 9.59 Å². The van der Waals surface area contributed by atoms with Crippen LogP contribution >= 0.6 is 0 Å². The maximum Gasteiger partial charge on any atom is 0.308 e. The predicted octanol–water partition coefficient (Wildman–Crippen LogP) is 1.27. The monoisotopic (exact) mass is 252 g/mol. The smallest absolute Gasteiger partial charge is 0.308 e. The molecular formula is C12H16N2O4. The zero-order valence-corrected chi connectivity index (χ0v) is 10.4.